The van der Waals surface area contributed by atoms with Gasteiger partial charge in [-0.05, 0) is 11.6 Å². The summed E-state index contributed by atoms with van der Waals surface area (Å²) in [5.41, 5.74) is 3.56. The highest BCUT2D eigenvalue weighted by Gasteiger charge is 2.28. The number of hydrogen-bond acceptors (Lipinski definition) is 4. The number of ether oxygens (including phenoxy) is 1. The highest BCUT2D eigenvalue weighted by molar-refractivity contribution is 7.99. The number of carbonyl (C=O) groups excluding carboxylic acids is 1. The van der Waals surface area contributed by atoms with E-state index in [4.69, 9.17) is 9.57 Å². The number of methoxy groups -OCH3 is 1. The second-order valence-electron chi connectivity index (χ2n) is 3.71. The van der Waals surface area contributed by atoms with Gasteiger partial charge in [-0.3, -0.25) is 9.63 Å². The lowest BCUT2D eigenvalue weighted by Gasteiger charge is -2.11. The van der Waals surface area contributed by atoms with Gasteiger partial charge in [0.2, 0.25) is 0 Å². The molecule has 1 unspecified atom stereocenters. The van der Waals surface area contributed by atoms with Crippen LogP contribution in [0.5, 0.6) is 0 Å². The summed E-state index contributed by atoms with van der Waals surface area (Å²) in [7, 11) is 1.59. The van der Waals surface area contributed by atoms with Crippen molar-refractivity contribution in [3.8, 4) is 0 Å². The molecular formula is C12H15NO3S. The molecule has 5 heteroatoms. The fourth-order valence-electron chi connectivity index (χ4n) is 1.70. The molecule has 1 N–H and O–H groups in total. The van der Waals surface area contributed by atoms with E-state index >= 15 is 0 Å². The van der Waals surface area contributed by atoms with Crippen molar-refractivity contribution in [3.05, 3.63) is 29.8 Å². The van der Waals surface area contributed by atoms with Crippen LogP contribution in [0.4, 0.5) is 0 Å². The molecule has 1 heterocycles. The Labute approximate surface area is 105 Å². The average Bonchev–Trinajstić information content (AvgIpc) is 2.78. The molecule has 0 saturated heterocycles. The van der Waals surface area contributed by atoms with Crippen molar-refractivity contribution < 1.29 is 14.4 Å². The van der Waals surface area contributed by atoms with Gasteiger partial charge in [-0.25, -0.2) is 5.48 Å². The predicted molar refractivity (Wildman–Crippen MR) is 65.9 cm³/mol. The summed E-state index contributed by atoms with van der Waals surface area (Å²) < 4.78 is 4.82. The largest absolute Gasteiger partial charge is 0.382 e. The van der Waals surface area contributed by atoms with E-state index in [1.54, 1.807) is 18.9 Å². The summed E-state index contributed by atoms with van der Waals surface area (Å²) in [6, 6.07) is 7.98. The zero-order valence-electron chi connectivity index (χ0n) is 9.64. The number of thioether (sulfide) groups is 1. The van der Waals surface area contributed by atoms with E-state index < -0.39 is 0 Å². The standard InChI is InChI=1S/C12H15NO3S/c1-15-6-7-16-13-12(14)10-8-17-11-5-3-2-4-9(10)11/h2-5,10H,6-8H2,1H3,(H,13,14). The van der Waals surface area contributed by atoms with E-state index in [2.05, 4.69) is 5.48 Å². The second-order valence-corrected chi connectivity index (χ2v) is 4.77. The number of rotatable bonds is 5. The highest BCUT2D eigenvalue weighted by Crippen LogP contribution is 2.39. The third kappa shape index (κ3) is 3.00. The highest BCUT2D eigenvalue weighted by atomic mass is 32.2. The van der Waals surface area contributed by atoms with Crippen LogP contribution in [0, 0.1) is 0 Å². The minimum atomic E-state index is -0.112. The van der Waals surface area contributed by atoms with Gasteiger partial charge >= 0.3 is 0 Å². The summed E-state index contributed by atoms with van der Waals surface area (Å²) in [6.07, 6.45) is 0. The molecule has 0 fully saturated rings. The predicted octanol–water partition coefficient (Wildman–Crippen LogP) is 1.57. The maximum Gasteiger partial charge on any atom is 0.251 e. The molecule has 0 spiro atoms. The lowest BCUT2D eigenvalue weighted by molar-refractivity contribution is -0.135. The van der Waals surface area contributed by atoms with E-state index in [0.29, 0.717) is 13.2 Å². The molecule has 17 heavy (non-hydrogen) atoms. The molecule has 1 aromatic carbocycles. The molecule has 0 bridgehead atoms. The van der Waals surface area contributed by atoms with Crippen LogP contribution in [0.15, 0.2) is 29.2 Å². The lowest BCUT2D eigenvalue weighted by atomic mass is 10.0. The summed E-state index contributed by atoms with van der Waals surface area (Å²) in [5.74, 6) is 0.580. The Hall–Kier alpha value is -1.04. The first-order chi connectivity index (χ1) is 8.33. The smallest absolute Gasteiger partial charge is 0.251 e. The molecule has 0 radical (unpaired) electrons. The number of benzene rings is 1. The van der Waals surface area contributed by atoms with E-state index in [0.717, 1.165) is 11.3 Å². The quantitative estimate of drug-likeness (QED) is 0.639. The number of nitrogens with one attached hydrogen (secondary N) is 1. The molecule has 0 saturated carbocycles. The van der Waals surface area contributed by atoms with Crippen molar-refractivity contribution in [2.75, 3.05) is 26.1 Å². The van der Waals surface area contributed by atoms with Crippen molar-refractivity contribution in [2.24, 2.45) is 0 Å². The number of amides is 1. The first kappa shape index (κ1) is 12.4. The first-order valence-electron chi connectivity index (χ1n) is 5.45. The molecular weight excluding hydrogens is 238 g/mol. The number of hydrogen-bond donors (Lipinski definition) is 1. The number of fused-ring (bicyclic) bond motifs is 1. The molecule has 92 valence electrons. The Morgan fingerprint density at radius 1 is 1.47 bits per heavy atom. The summed E-state index contributed by atoms with van der Waals surface area (Å²) in [5, 5.41) is 0. The van der Waals surface area contributed by atoms with E-state index in [9.17, 15) is 4.79 Å². The number of hydroxylamine groups is 1. The zero-order chi connectivity index (χ0) is 12.1. The summed E-state index contributed by atoms with van der Waals surface area (Å²) in [6.45, 7) is 0.833. The monoisotopic (exact) mass is 253 g/mol. The Kier molecular flexibility index (Phi) is 4.42. The van der Waals surface area contributed by atoms with Gasteiger partial charge in [-0.15, -0.1) is 11.8 Å². The van der Waals surface area contributed by atoms with Gasteiger partial charge in [0, 0.05) is 17.8 Å². The average molecular weight is 253 g/mol. The van der Waals surface area contributed by atoms with Crippen LogP contribution in [-0.4, -0.2) is 32.0 Å². The summed E-state index contributed by atoms with van der Waals surface area (Å²) >= 11 is 1.71. The lowest BCUT2D eigenvalue weighted by Crippen LogP contribution is -2.30. The van der Waals surface area contributed by atoms with Crippen LogP contribution in [-0.2, 0) is 14.4 Å². The second kappa shape index (κ2) is 6.05. The van der Waals surface area contributed by atoms with Gasteiger partial charge in [0.15, 0.2) is 0 Å². The Morgan fingerprint density at radius 3 is 3.12 bits per heavy atom. The maximum absolute atomic E-state index is 11.9. The van der Waals surface area contributed by atoms with Crippen molar-refractivity contribution in [3.63, 3.8) is 0 Å². The Balaban J connectivity index is 1.89. The van der Waals surface area contributed by atoms with Crippen LogP contribution < -0.4 is 5.48 Å². The van der Waals surface area contributed by atoms with Crippen LogP contribution in [0.2, 0.25) is 0 Å². The fourth-order valence-corrected chi connectivity index (χ4v) is 2.93. The van der Waals surface area contributed by atoms with Crippen molar-refractivity contribution in [1.29, 1.82) is 0 Å². The minimum absolute atomic E-state index is 0.0847. The van der Waals surface area contributed by atoms with Gasteiger partial charge < -0.3 is 4.74 Å². The Bertz CT molecular complexity index is 397. The molecule has 4 nitrogen and oxygen atoms in total. The van der Waals surface area contributed by atoms with Crippen molar-refractivity contribution in [2.45, 2.75) is 10.8 Å². The molecule has 2 rings (SSSR count). The van der Waals surface area contributed by atoms with E-state index in [1.807, 2.05) is 24.3 Å². The molecule has 1 aliphatic rings. The van der Waals surface area contributed by atoms with Crippen LogP contribution in [0.1, 0.15) is 11.5 Å². The fraction of sp³-hybridized carbons (Fsp3) is 0.417. The van der Waals surface area contributed by atoms with Crippen LogP contribution in [0.25, 0.3) is 0 Å². The van der Waals surface area contributed by atoms with Gasteiger partial charge in [0.1, 0.15) is 0 Å². The van der Waals surface area contributed by atoms with Gasteiger partial charge in [0.05, 0.1) is 19.1 Å². The zero-order valence-corrected chi connectivity index (χ0v) is 10.5. The summed E-state index contributed by atoms with van der Waals surface area (Å²) in [4.78, 5) is 18.1. The molecule has 1 atom stereocenters. The molecule has 1 aromatic rings. The molecule has 0 aromatic heterocycles. The molecule has 0 aliphatic carbocycles. The maximum atomic E-state index is 11.9. The normalized spacial score (nSPS) is 17.8. The topological polar surface area (TPSA) is 47.6 Å². The van der Waals surface area contributed by atoms with Crippen LogP contribution >= 0.6 is 11.8 Å². The van der Waals surface area contributed by atoms with Gasteiger partial charge in [-0.1, -0.05) is 18.2 Å². The SMILES string of the molecule is COCCONC(=O)C1CSc2ccccc21. The molecule has 1 aliphatic heterocycles. The first-order valence-corrected chi connectivity index (χ1v) is 6.44. The number of carbonyl (C=O) groups is 1. The van der Waals surface area contributed by atoms with E-state index in [1.165, 1.54) is 4.90 Å². The van der Waals surface area contributed by atoms with Crippen molar-refractivity contribution in [1.82, 2.24) is 5.48 Å². The van der Waals surface area contributed by atoms with Crippen molar-refractivity contribution >= 4 is 17.7 Å². The van der Waals surface area contributed by atoms with Gasteiger partial charge in [0.25, 0.3) is 5.91 Å². The Morgan fingerprint density at radius 2 is 2.29 bits per heavy atom. The van der Waals surface area contributed by atoms with E-state index in [-0.39, 0.29) is 11.8 Å². The van der Waals surface area contributed by atoms with Crippen LogP contribution in [0.3, 0.4) is 0 Å². The third-order valence-corrected chi connectivity index (χ3v) is 3.76. The third-order valence-electron chi connectivity index (χ3n) is 2.58. The minimum Gasteiger partial charge on any atom is -0.382 e. The van der Waals surface area contributed by atoms with Gasteiger partial charge in [-0.2, -0.15) is 0 Å². The molecule has 1 amide bonds.